The van der Waals surface area contributed by atoms with Crippen molar-refractivity contribution >= 4 is 17.7 Å². The summed E-state index contributed by atoms with van der Waals surface area (Å²) in [4.78, 5) is 12.4. The summed E-state index contributed by atoms with van der Waals surface area (Å²) in [5.74, 6) is 1.05. The van der Waals surface area contributed by atoms with E-state index in [1.165, 1.54) is 27.4 Å². The number of carbonyl (C=O) groups excluding carboxylic acids is 1. The molecule has 0 fully saturated rings. The fourth-order valence-corrected chi connectivity index (χ4v) is 2.23. The average molecular weight is 338 g/mol. The molecule has 1 N–H and O–H groups in total. The molecule has 0 heterocycles. The van der Waals surface area contributed by atoms with E-state index in [-0.39, 0.29) is 5.57 Å². The van der Waals surface area contributed by atoms with Gasteiger partial charge in [-0.3, -0.25) is 4.79 Å². The Bertz CT molecular complexity index is 838. The molecular formula is C19H18N2O4. The number of amides is 1. The maximum absolute atomic E-state index is 12.4. The Balaban J connectivity index is 2.31. The highest BCUT2D eigenvalue weighted by Gasteiger charge is 2.13. The number of rotatable bonds is 6. The van der Waals surface area contributed by atoms with Crippen LogP contribution >= 0.6 is 0 Å². The van der Waals surface area contributed by atoms with Gasteiger partial charge in [-0.25, -0.2) is 0 Å². The number of hydrogen-bond acceptors (Lipinski definition) is 5. The zero-order valence-corrected chi connectivity index (χ0v) is 14.2. The summed E-state index contributed by atoms with van der Waals surface area (Å²) in [5, 5.41) is 12.0. The Kier molecular flexibility index (Phi) is 6.02. The van der Waals surface area contributed by atoms with Gasteiger partial charge in [0.05, 0.1) is 21.3 Å². The van der Waals surface area contributed by atoms with E-state index in [9.17, 15) is 10.1 Å². The van der Waals surface area contributed by atoms with Gasteiger partial charge in [-0.15, -0.1) is 0 Å². The van der Waals surface area contributed by atoms with Crippen molar-refractivity contribution in [1.29, 1.82) is 5.26 Å². The summed E-state index contributed by atoms with van der Waals surface area (Å²) in [7, 11) is 4.56. The molecule has 0 aromatic heterocycles. The lowest BCUT2D eigenvalue weighted by Gasteiger charge is -2.10. The molecule has 0 unspecified atom stereocenters. The topological polar surface area (TPSA) is 80.6 Å². The molecule has 0 aliphatic carbocycles. The first-order valence-corrected chi connectivity index (χ1v) is 7.41. The number of nitriles is 1. The van der Waals surface area contributed by atoms with Gasteiger partial charge < -0.3 is 19.5 Å². The monoisotopic (exact) mass is 338 g/mol. The van der Waals surface area contributed by atoms with E-state index in [2.05, 4.69) is 5.32 Å². The number of nitrogens with zero attached hydrogens (tertiary/aromatic N) is 1. The Morgan fingerprint density at radius 1 is 1.08 bits per heavy atom. The molecule has 6 nitrogen and oxygen atoms in total. The summed E-state index contributed by atoms with van der Waals surface area (Å²) in [6.07, 6.45) is 1.46. The van der Waals surface area contributed by atoms with Crippen molar-refractivity contribution in [2.45, 2.75) is 0 Å². The molecule has 0 bridgehead atoms. The van der Waals surface area contributed by atoms with Crippen LogP contribution in [-0.4, -0.2) is 27.2 Å². The van der Waals surface area contributed by atoms with Crippen LogP contribution in [0.2, 0.25) is 0 Å². The predicted octanol–water partition coefficient (Wildman–Crippen LogP) is 3.26. The summed E-state index contributed by atoms with van der Waals surface area (Å²) < 4.78 is 15.6. The van der Waals surface area contributed by atoms with Crippen molar-refractivity contribution in [2.75, 3.05) is 26.6 Å². The van der Waals surface area contributed by atoms with Gasteiger partial charge in [-0.2, -0.15) is 5.26 Å². The van der Waals surface area contributed by atoms with Gasteiger partial charge in [0.2, 0.25) is 0 Å². The number of nitrogens with one attached hydrogen (secondary N) is 1. The highest BCUT2D eigenvalue weighted by atomic mass is 16.5. The van der Waals surface area contributed by atoms with E-state index in [4.69, 9.17) is 14.2 Å². The second-order valence-corrected chi connectivity index (χ2v) is 4.94. The quantitative estimate of drug-likeness (QED) is 0.646. The zero-order chi connectivity index (χ0) is 18.2. The molecule has 0 spiro atoms. The molecular weight excluding hydrogens is 320 g/mol. The zero-order valence-electron chi connectivity index (χ0n) is 14.2. The van der Waals surface area contributed by atoms with Crippen molar-refractivity contribution < 1.29 is 19.0 Å². The highest BCUT2D eigenvalue weighted by molar-refractivity contribution is 6.10. The fourth-order valence-electron chi connectivity index (χ4n) is 2.23. The van der Waals surface area contributed by atoms with Gasteiger partial charge in [0.15, 0.2) is 11.5 Å². The van der Waals surface area contributed by atoms with Gasteiger partial charge in [0.25, 0.3) is 5.91 Å². The lowest BCUT2D eigenvalue weighted by molar-refractivity contribution is -0.112. The minimum absolute atomic E-state index is 0.0608. The maximum Gasteiger partial charge on any atom is 0.266 e. The molecule has 0 aliphatic heterocycles. The standard InChI is InChI=1S/C19H18N2O4/c1-23-16-8-5-7-15(11-16)21-19(22)14(12-20)10-13-6-4-9-17(24-2)18(13)25-3/h4-11H,1-3H3,(H,21,22)/b14-10+. The molecule has 0 radical (unpaired) electrons. The van der Waals surface area contributed by atoms with E-state index in [0.29, 0.717) is 28.5 Å². The molecule has 1 amide bonds. The molecule has 0 saturated carbocycles. The molecule has 2 rings (SSSR count). The Morgan fingerprint density at radius 2 is 1.84 bits per heavy atom. The number of anilines is 1. The molecule has 25 heavy (non-hydrogen) atoms. The van der Waals surface area contributed by atoms with E-state index in [0.717, 1.165) is 0 Å². The first-order valence-electron chi connectivity index (χ1n) is 7.41. The van der Waals surface area contributed by atoms with Crippen molar-refractivity contribution in [2.24, 2.45) is 0 Å². The van der Waals surface area contributed by atoms with Crippen LogP contribution in [0.15, 0.2) is 48.0 Å². The van der Waals surface area contributed by atoms with Crippen LogP contribution in [0.25, 0.3) is 6.08 Å². The average Bonchev–Trinajstić information content (AvgIpc) is 2.65. The summed E-state index contributed by atoms with van der Waals surface area (Å²) in [6.45, 7) is 0. The van der Waals surface area contributed by atoms with Crippen LogP contribution in [0.4, 0.5) is 5.69 Å². The predicted molar refractivity (Wildman–Crippen MR) is 94.8 cm³/mol. The van der Waals surface area contributed by atoms with Gasteiger partial charge in [-0.05, 0) is 24.3 Å². The van der Waals surface area contributed by atoms with Gasteiger partial charge >= 0.3 is 0 Å². The Labute approximate surface area is 146 Å². The minimum Gasteiger partial charge on any atom is -0.497 e. The van der Waals surface area contributed by atoms with Gasteiger partial charge in [0, 0.05) is 17.3 Å². The molecule has 0 saturated heterocycles. The maximum atomic E-state index is 12.4. The molecule has 0 atom stereocenters. The van der Waals surface area contributed by atoms with Crippen LogP contribution < -0.4 is 19.5 Å². The van der Waals surface area contributed by atoms with Crippen molar-refractivity contribution in [1.82, 2.24) is 0 Å². The van der Waals surface area contributed by atoms with Gasteiger partial charge in [0.1, 0.15) is 17.4 Å². The lowest BCUT2D eigenvalue weighted by Crippen LogP contribution is -2.13. The van der Waals surface area contributed by atoms with Crippen molar-refractivity contribution in [3.05, 3.63) is 53.6 Å². The Hall–Kier alpha value is -3.46. The number of methoxy groups -OCH3 is 3. The number of carbonyl (C=O) groups is 1. The largest absolute Gasteiger partial charge is 0.497 e. The molecule has 6 heteroatoms. The van der Waals surface area contributed by atoms with Crippen LogP contribution in [0.5, 0.6) is 17.2 Å². The third-order valence-corrected chi connectivity index (χ3v) is 3.43. The summed E-state index contributed by atoms with van der Waals surface area (Å²) in [5.41, 5.74) is 1.04. The number of benzene rings is 2. The van der Waals surface area contributed by atoms with Crippen LogP contribution in [0.3, 0.4) is 0 Å². The van der Waals surface area contributed by atoms with E-state index in [1.54, 1.807) is 42.5 Å². The molecule has 0 aliphatic rings. The Morgan fingerprint density at radius 3 is 2.48 bits per heavy atom. The lowest BCUT2D eigenvalue weighted by atomic mass is 10.1. The van der Waals surface area contributed by atoms with Crippen molar-refractivity contribution in [3.63, 3.8) is 0 Å². The second-order valence-electron chi connectivity index (χ2n) is 4.94. The smallest absolute Gasteiger partial charge is 0.266 e. The molecule has 128 valence electrons. The van der Waals surface area contributed by atoms with E-state index < -0.39 is 5.91 Å². The van der Waals surface area contributed by atoms with Crippen LogP contribution in [0, 0.1) is 11.3 Å². The third kappa shape index (κ3) is 4.30. The van der Waals surface area contributed by atoms with Crippen LogP contribution in [0.1, 0.15) is 5.56 Å². The molecule has 2 aromatic rings. The summed E-state index contributed by atoms with van der Waals surface area (Å²) >= 11 is 0. The SMILES string of the molecule is COc1cccc(NC(=O)/C(C#N)=C/c2cccc(OC)c2OC)c1. The number of ether oxygens (including phenoxy) is 3. The highest BCUT2D eigenvalue weighted by Crippen LogP contribution is 2.32. The third-order valence-electron chi connectivity index (χ3n) is 3.43. The van der Waals surface area contributed by atoms with E-state index >= 15 is 0 Å². The first kappa shape index (κ1) is 17.9. The normalized spacial score (nSPS) is 10.6. The second kappa shape index (κ2) is 8.41. The van der Waals surface area contributed by atoms with E-state index in [1.807, 2.05) is 6.07 Å². The van der Waals surface area contributed by atoms with Gasteiger partial charge in [-0.1, -0.05) is 18.2 Å². The number of hydrogen-bond donors (Lipinski definition) is 1. The minimum atomic E-state index is -0.527. The van der Waals surface area contributed by atoms with Crippen LogP contribution in [-0.2, 0) is 4.79 Å². The number of para-hydroxylation sites is 1. The molecule has 2 aromatic carbocycles. The fraction of sp³-hybridized carbons (Fsp3) is 0.158. The van der Waals surface area contributed by atoms with Crippen molar-refractivity contribution in [3.8, 4) is 23.3 Å². The summed E-state index contributed by atoms with van der Waals surface area (Å²) in [6, 6.07) is 14.0. The first-order chi connectivity index (χ1) is 12.1.